The number of nitrogens with one attached hydrogen (secondary N) is 1. The molecule has 7 nitrogen and oxygen atoms in total. The van der Waals surface area contributed by atoms with Crippen molar-refractivity contribution in [2.24, 2.45) is 11.8 Å². The fourth-order valence-corrected chi connectivity index (χ4v) is 3.01. The van der Waals surface area contributed by atoms with Gasteiger partial charge in [0.2, 0.25) is 10.0 Å². The van der Waals surface area contributed by atoms with Crippen molar-refractivity contribution in [3.8, 4) is 0 Å². The molecule has 1 N–H and O–H groups in total. The Morgan fingerprint density at radius 1 is 1.23 bits per heavy atom. The molecule has 0 radical (unpaired) electrons. The molecular weight excluding hydrogens is 308 g/mol. The molecular formula is C14H26N2O5S. The van der Waals surface area contributed by atoms with Crippen LogP contribution in [0.25, 0.3) is 0 Å². The minimum absolute atomic E-state index is 0.0178. The number of nitrogens with zero attached hydrogens (tertiary/aromatic N) is 1. The summed E-state index contributed by atoms with van der Waals surface area (Å²) in [4.78, 5) is 23.6. The fraction of sp³-hybridized carbons (Fsp3) is 0.857. The number of piperidine rings is 1. The summed E-state index contributed by atoms with van der Waals surface area (Å²) in [5, 5.41) is 2.76. The van der Waals surface area contributed by atoms with Crippen molar-refractivity contribution in [2.45, 2.75) is 39.7 Å². The number of rotatable bonds is 6. The lowest BCUT2D eigenvalue weighted by Gasteiger charge is -2.28. The third kappa shape index (κ3) is 5.92. The Hall–Kier alpha value is -1.15. The van der Waals surface area contributed by atoms with E-state index in [1.54, 1.807) is 0 Å². The fourth-order valence-electron chi connectivity index (χ4n) is 2.14. The zero-order valence-electron chi connectivity index (χ0n) is 13.7. The van der Waals surface area contributed by atoms with E-state index in [0.717, 1.165) is 6.26 Å². The van der Waals surface area contributed by atoms with Crippen molar-refractivity contribution in [3.05, 3.63) is 0 Å². The van der Waals surface area contributed by atoms with Crippen LogP contribution in [0.3, 0.4) is 0 Å². The second kappa shape index (κ2) is 7.92. The van der Waals surface area contributed by atoms with Gasteiger partial charge in [-0.3, -0.25) is 9.59 Å². The highest BCUT2D eigenvalue weighted by Crippen LogP contribution is 2.20. The third-order valence-electron chi connectivity index (χ3n) is 3.99. The first-order valence-electron chi connectivity index (χ1n) is 7.52. The topological polar surface area (TPSA) is 92.8 Å². The molecule has 0 aliphatic carbocycles. The number of sulfonamides is 1. The molecule has 8 heteroatoms. The number of amides is 1. The number of hydrogen-bond donors (Lipinski definition) is 1. The Kier molecular flexibility index (Phi) is 6.80. The lowest BCUT2D eigenvalue weighted by Crippen LogP contribution is -2.41. The summed E-state index contributed by atoms with van der Waals surface area (Å²) in [5.41, 5.74) is 0. The average Bonchev–Trinajstić information content (AvgIpc) is 2.43. The summed E-state index contributed by atoms with van der Waals surface area (Å²) in [6, 6.07) is 0.0178. The maximum Gasteiger partial charge on any atom is 0.309 e. The normalized spacial score (nSPS) is 19.0. The van der Waals surface area contributed by atoms with Crippen LogP contribution in [0.5, 0.6) is 0 Å². The van der Waals surface area contributed by atoms with Crippen LogP contribution < -0.4 is 5.32 Å². The minimum Gasteiger partial charge on any atom is -0.455 e. The average molecular weight is 334 g/mol. The van der Waals surface area contributed by atoms with E-state index in [9.17, 15) is 18.0 Å². The predicted octanol–water partition coefficient (Wildman–Crippen LogP) is 0.362. The summed E-state index contributed by atoms with van der Waals surface area (Å²) in [6.45, 7) is 6.22. The summed E-state index contributed by atoms with van der Waals surface area (Å²) < 4.78 is 29.2. The third-order valence-corrected chi connectivity index (χ3v) is 5.29. The molecule has 1 aliphatic rings. The molecule has 0 saturated carbocycles. The standard InChI is InChI=1S/C14H26N2O5S/c1-10(2)11(3)15-13(17)9-21-14(18)12-5-7-16(8-6-12)22(4,19)20/h10-12H,5-9H2,1-4H3,(H,15,17). The molecule has 1 saturated heterocycles. The highest BCUT2D eigenvalue weighted by atomic mass is 32.2. The Morgan fingerprint density at radius 3 is 2.23 bits per heavy atom. The smallest absolute Gasteiger partial charge is 0.309 e. The molecule has 0 spiro atoms. The molecule has 0 aromatic heterocycles. The summed E-state index contributed by atoms with van der Waals surface area (Å²) in [7, 11) is -3.21. The van der Waals surface area contributed by atoms with Gasteiger partial charge in [0, 0.05) is 19.1 Å². The highest BCUT2D eigenvalue weighted by Gasteiger charge is 2.30. The summed E-state index contributed by atoms with van der Waals surface area (Å²) in [6.07, 6.45) is 2.01. The molecule has 128 valence electrons. The van der Waals surface area contributed by atoms with Gasteiger partial charge in [-0.25, -0.2) is 12.7 Å². The maximum absolute atomic E-state index is 11.9. The van der Waals surface area contributed by atoms with Crippen LogP contribution >= 0.6 is 0 Å². The van der Waals surface area contributed by atoms with Crippen molar-refractivity contribution >= 4 is 21.9 Å². The van der Waals surface area contributed by atoms with Gasteiger partial charge >= 0.3 is 5.97 Å². The van der Waals surface area contributed by atoms with Gasteiger partial charge in [-0.1, -0.05) is 13.8 Å². The first kappa shape index (κ1) is 18.9. The molecule has 1 atom stereocenters. The second-order valence-corrected chi connectivity index (χ2v) is 8.13. The van der Waals surface area contributed by atoms with Crippen molar-refractivity contribution in [2.75, 3.05) is 26.0 Å². The second-order valence-electron chi connectivity index (χ2n) is 6.14. The monoisotopic (exact) mass is 334 g/mol. The van der Waals surface area contributed by atoms with Gasteiger partial charge in [0.15, 0.2) is 6.61 Å². The van der Waals surface area contributed by atoms with Crippen molar-refractivity contribution in [3.63, 3.8) is 0 Å². The van der Waals surface area contributed by atoms with E-state index in [1.165, 1.54) is 4.31 Å². The Labute approximate surface area is 132 Å². The minimum atomic E-state index is -3.21. The van der Waals surface area contributed by atoms with Crippen LogP contribution in [-0.4, -0.2) is 56.6 Å². The lowest BCUT2D eigenvalue weighted by molar-refractivity contribution is -0.153. The van der Waals surface area contributed by atoms with E-state index < -0.39 is 16.0 Å². The van der Waals surface area contributed by atoms with Gasteiger partial charge in [-0.2, -0.15) is 0 Å². The number of hydrogen-bond acceptors (Lipinski definition) is 5. The van der Waals surface area contributed by atoms with E-state index in [2.05, 4.69) is 5.32 Å². The molecule has 0 aromatic carbocycles. The van der Waals surface area contributed by atoms with Gasteiger partial charge in [0.05, 0.1) is 12.2 Å². The molecule has 22 heavy (non-hydrogen) atoms. The van der Waals surface area contributed by atoms with Gasteiger partial charge in [0.1, 0.15) is 0 Å². The molecule has 1 heterocycles. The van der Waals surface area contributed by atoms with Gasteiger partial charge in [-0.15, -0.1) is 0 Å². The number of ether oxygens (including phenoxy) is 1. The van der Waals surface area contributed by atoms with Crippen LogP contribution in [0.4, 0.5) is 0 Å². The lowest BCUT2D eigenvalue weighted by atomic mass is 9.98. The predicted molar refractivity (Wildman–Crippen MR) is 82.5 cm³/mol. The van der Waals surface area contributed by atoms with Crippen LogP contribution in [-0.2, 0) is 24.3 Å². The molecule has 0 aromatic rings. The molecule has 1 aliphatic heterocycles. The van der Waals surface area contributed by atoms with Crippen molar-refractivity contribution in [1.82, 2.24) is 9.62 Å². The first-order chi connectivity index (χ1) is 10.1. The zero-order chi connectivity index (χ0) is 16.9. The first-order valence-corrected chi connectivity index (χ1v) is 9.37. The molecule has 1 rings (SSSR count). The highest BCUT2D eigenvalue weighted by molar-refractivity contribution is 7.88. The summed E-state index contributed by atoms with van der Waals surface area (Å²) in [5.74, 6) is -0.781. The maximum atomic E-state index is 11.9. The van der Waals surface area contributed by atoms with E-state index in [0.29, 0.717) is 31.8 Å². The van der Waals surface area contributed by atoms with Gasteiger partial charge < -0.3 is 10.1 Å². The SMILES string of the molecule is CC(C)C(C)NC(=O)COC(=O)C1CCN(S(C)(=O)=O)CC1. The van der Waals surface area contributed by atoms with Gasteiger partial charge in [-0.05, 0) is 25.7 Å². The van der Waals surface area contributed by atoms with Crippen LogP contribution in [0, 0.1) is 11.8 Å². The largest absolute Gasteiger partial charge is 0.455 e. The Bertz CT molecular complexity index is 495. The summed E-state index contributed by atoms with van der Waals surface area (Å²) >= 11 is 0. The van der Waals surface area contributed by atoms with Crippen molar-refractivity contribution < 1.29 is 22.7 Å². The van der Waals surface area contributed by atoms with Crippen LogP contribution in [0.2, 0.25) is 0 Å². The van der Waals surface area contributed by atoms with E-state index >= 15 is 0 Å². The quantitative estimate of drug-likeness (QED) is 0.708. The zero-order valence-corrected chi connectivity index (χ0v) is 14.5. The number of esters is 1. The molecule has 1 unspecified atom stereocenters. The van der Waals surface area contributed by atoms with Crippen molar-refractivity contribution in [1.29, 1.82) is 0 Å². The van der Waals surface area contributed by atoms with Crippen LogP contribution in [0.15, 0.2) is 0 Å². The molecule has 1 fully saturated rings. The van der Waals surface area contributed by atoms with E-state index in [4.69, 9.17) is 4.74 Å². The number of carbonyl (C=O) groups excluding carboxylic acids is 2. The Morgan fingerprint density at radius 2 is 1.77 bits per heavy atom. The number of carbonyl (C=O) groups is 2. The molecule has 0 bridgehead atoms. The Balaban J connectivity index is 2.34. The van der Waals surface area contributed by atoms with E-state index in [-0.39, 0.29) is 24.5 Å². The van der Waals surface area contributed by atoms with Gasteiger partial charge in [0.25, 0.3) is 5.91 Å². The van der Waals surface area contributed by atoms with E-state index in [1.807, 2.05) is 20.8 Å². The van der Waals surface area contributed by atoms with Crippen LogP contribution in [0.1, 0.15) is 33.6 Å². The molecule has 1 amide bonds.